The van der Waals surface area contributed by atoms with Gasteiger partial charge in [-0.3, -0.25) is 0 Å². The number of alkyl carbamates (subject to hydrolysis) is 1. The zero-order valence-corrected chi connectivity index (χ0v) is 20.9. The number of carbonyl (C=O) groups is 2. The van der Waals surface area contributed by atoms with Crippen molar-refractivity contribution in [2.24, 2.45) is 0 Å². The molecule has 36 heavy (non-hydrogen) atoms. The predicted molar refractivity (Wildman–Crippen MR) is 135 cm³/mol. The fraction of sp³-hybridized carbons (Fsp3) is 0.185. The lowest BCUT2D eigenvalue weighted by atomic mass is 10.1. The number of nitrogens with zero attached hydrogens (tertiary/aromatic N) is 1. The number of amides is 1. The summed E-state index contributed by atoms with van der Waals surface area (Å²) in [5, 5.41) is 2.51. The van der Waals surface area contributed by atoms with Crippen LogP contribution in [0.5, 0.6) is 0 Å². The second-order valence-electron chi connectivity index (χ2n) is 8.05. The van der Waals surface area contributed by atoms with Gasteiger partial charge in [-0.1, -0.05) is 78.4 Å². The van der Waals surface area contributed by atoms with Crippen LogP contribution >= 0.6 is 0 Å². The first kappa shape index (κ1) is 26.5. The van der Waals surface area contributed by atoms with Gasteiger partial charge in [-0.15, -0.1) is 0 Å². The van der Waals surface area contributed by atoms with Crippen molar-refractivity contribution >= 4 is 22.1 Å². The van der Waals surface area contributed by atoms with Crippen LogP contribution in [0.3, 0.4) is 0 Å². The number of rotatable bonds is 10. The maximum absolute atomic E-state index is 13.0. The molecule has 3 rings (SSSR count). The molecule has 0 aliphatic heterocycles. The Labute approximate surface area is 211 Å². The summed E-state index contributed by atoms with van der Waals surface area (Å²) < 4.78 is 37.1. The van der Waals surface area contributed by atoms with Crippen LogP contribution < -0.4 is 5.32 Å². The number of nitrogens with one attached hydrogen (secondary N) is 1. The molecule has 0 heterocycles. The van der Waals surface area contributed by atoms with Crippen LogP contribution in [-0.4, -0.2) is 37.9 Å². The predicted octanol–water partition coefficient (Wildman–Crippen LogP) is 4.17. The fourth-order valence-corrected chi connectivity index (χ4v) is 4.31. The van der Waals surface area contributed by atoms with Gasteiger partial charge in [-0.05, 0) is 36.8 Å². The van der Waals surface area contributed by atoms with Crippen LogP contribution in [0.25, 0.3) is 0 Å². The van der Waals surface area contributed by atoms with Crippen molar-refractivity contribution in [1.29, 1.82) is 0 Å². The molecule has 1 amide bonds. The first-order chi connectivity index (χ1) is 17.2. The molecule has 188 valence electrons. The van der Waals surface area contributed by atoms with Crippen molar-refractivity contribution in [3.8, 4) is 0 Å². The normalized spacial score (nSPS) is 11.7. The number of carbonyl (C=O) groups excluding carboxylic acids is 2. The van der Waals surface area contributed by atoms with Crippen molar-refractivity contribution in [1.82, 2.24) is 9.62 Å². The Hall–Kier alpha value is -4.11. The van der Waals surface area contributed by atoms with Gasteiger partial charge in [0.15, 0.2) is 0 Å². The molecule has 8 nitrogen and oxygen atoms in total. The molecular formula is C27H28N2O6S. The van der Waals surface area contributed by atoms with E-state index in [2.05, 4.69) is 11.9 Å². The lowest BCUT2D eigenvalue weighted by Crippen LogP contribution is -2.44. The van der Waals surface area contributed by atoms with E-state index in [1.54, 1.807) is 48.5 Å². The fourth-order valence-electron chi connectivity index (χ4n) is 3.20. The topological polar surface area (TPSA) is 102 Å². The van der Waals surface area contributed by atoms with E-state index in [0.29, 0.717) is 0 Å². The molecule has 0 aromatic heterocycles. The summed E-state index contributed by atoms with van der Waals surface area (Å²) in [5.74, 6) is -1.29. The standard InChI is InChI=1S/C27H28N2O6S/c1-20-14-16-24(17-15-20)36(32,33)29(3)21(2)35-26(30)25(18-22-10-6-4-7-11-22)28-27(31)34-19-23-12-8-5-9-13-23/h4-17,25H,2,18-19H2,1,3H3,(H,28,31)/t25-/m0/s1. The Balaban J connectivity index is 1.70. The number of sulfonamides is 1. The average molecular weight is 509 g/mol. The third-order valence-electron chi connectivity index (χ3n) is 5.32. The summed E-state index contributed by atoms with van der Waals surface area (Å²) in [6, 6.07) is 23.2. The van der Waals surface area contributed by atoms with Crippen molar-refractivity contribution < 1.29 is 27.5 Å². The molecular weight excluding hydrogens is 480 g/mol. The Morgan fingerprint density at radius 1 is 0.917 bits per heavy atom. The number of aryl methyl sites for hydroxylation is 1. The van der Waals surface area contributed by atoms with E-state index in [-0.39, 0.29) is 17.9 Å². The molecule has 0 saturated heterocycles. The van der Waals surface area contributed by atoms with Crippen molar-refractivity contribution in [2.45, 2.75) is 30.9 Å². The highest BCUT2D eigenvalue weighted by Crippen LogP contribution is 2.19. The minimum absolute atomic E-state index is 0.0179. The molecule has 3 aromatic carbocycles. The Morgan fingerprint density at radius 2 is 1.47 bits per heavy atom. The molecule has 0 radical (unpaired) electrons. The van der Waals surface area contributed by atoms with E-state index < -0.39 is 34.0 Å². The van der Waals surface area contributed by atoms with Crippen LogP contribution in [-0.2, 0) is 37.3 Å². The monoisotopic (exact) mass is 508 g/mol. The minimum atomic E-state index is -4.00. The van der Waals surface area contributed by atoms with E-state index in [9.17, 15) is 18.0 Å². The van der Waals surface area contributed by atoms with Gasteiger partial charge < -0.3 is 14.8 Å². The third-order valence-corrected chi connectivity index (χ3v) is 7.11. The molecule has 1 atom stereocenters. The maximum atomic E-state index is 13.0. The summed E-state index contributed by atoms with van der Waals surface area (Å²) in [7, 11) is -2.77. The molecule has 1 N–H and O–H groups in total. The van der Waals surface area contributed by atoms with Crippen molar-refractivity contribution in [3.63, 3.8) is 0 Å². The van der Waals surface area contributed by atoms with Crippen LogP contribution in [0.2, 0.25) is 0 Å². The lowest BCUT2D eigenvalue weighted by molar-refractivity contribution is -0.143. The largest absolute Gasteiger partial charge is 0.445 e. The number of hydrogen-bond donors (Lipinski definition) is 1. The molecule has 0 aliphatic carbocycles. The second kappa shape index (κ2) is 12.0. The van der Waals surface area contributed by atoms with Gasteiger partial charge in [-0.2, -0.15) is 0 Å². The molecule has 0 unspecified atom stereocenters. The van der Waals surface area contributed by atoms with E-state index in [0.717, 1.165) is 21.0 Å². The minimum Gasteiger partial charge on any atom is -0.445 e. The summed E-state index contributed by atoms with van der Waals surface area (Å²) in [6.07, 6.45) is -0.718. The molecule has 0 fully saturated rings. The van der Waals surface area contributed by atoms with Gasteiger partial charge in [0.25, 0.3) is 10.0 Å². The zero-order valence-electron chi connectivity index (χ0n) is 20.1. The van der Waals surface area contributed by atoms with E-state index >= 15 is 0 Å². The van der Waals surface area contributed by atoms with Gasteiger partial charge in [0.2, 0.25) is 5.88 Å². The third kappa shape index (κ3) is 7.19. The lowest BCUT2D eigenvalue weighted by Gasteiger charge is -2.23. The molecule has 0 saturated carbocycles. The van der Waals surface area contributed by atoms with Gasteiger partial charge in [-0.25, -0.2) is 22.3 Å². The molecule has 0 aliphatic rings. The molecule has 0 bridgehead atoms. The van der Waals surface area contributed by atoms with Gasteiger partial charge in [0, 0.05) is 13.5 Å². The summed E-state index contributed by atoms with van der Waals surface area (Å²) in [4.78, 5) is 25.5. The Bertz CT molecular complexity index is 1290. The first-order valence-corrected chi connectivity index (χ1v) is 12.6. The smallest absolute Gasteiger partial charge is 0.408 e. The highest BCUT2D eigenvalue weighted by Gasteiger charge is 2.29. The summed E-state index contributed by atoms with van der Waals surface area (Å²) in [6.45, 7) is 5.46. The van der Waals surface area contributed by atoms with Gasteiger partial charge in [0.05, 0.1) is 4.90 Å². The van der Waals surface area contributed by atoms with Crippen LogP contribution in [0.4, 0.5) is 4.79 Å². The SMILES string of the molecule is C=C(OC(=O)[C@H](Cc1ccccc1)NC(=O)OCc1ccccc1)N(C)S(=O)(=O)c1ccc(C)cc1. The molecule has 9 heteroatoms. The summed E-state index contributed by atoms with van der Waals surface area (Å²) in [5.41, 5.74) is 2.44. The number of ether oxygens (including phenoxy) is 2. The second-order valence-corrected chi connectivity index (χ2v) is 10.0. The van der Waals surface area contributed by atoms with E-state index in [4.69, 9.17) is 9.47 Å². The zero-order chi connectivity index (χ0) is 26.1. The van der Waals surface area contributed by atoms with Gasteiger partial charge in [0.1, 0.15) is 12.6 Å². The maximum Gasteiger partial charge on any atom is 0.408 e. The first-order valence-electron chi connectivity index (χ1n) is 11.1. The van der Waals surface area contributed by atoms with Crippen molar-refractivity contribution in [3.05, 3.63) is 114 Å². The van der Waals surface area contributed by atoms with E-state index in [1.165, 1.54) is 19.2 Å². The van der Waals surface area contributed by atoms with Crippen LogP contribution in [0.15, 0.2) is 102 Å². The Kier molecular flexibility index (Phi) is 8.86. The Morgan fingerprint density at radius 3 is 2.06 bits per heavy atom. The van der Waals surface area contributed by atoms with Crippen LogP contribution in [0.1, 0.15) is 16.7 Å². The highest BCUT2D eigenvalue weighted by atomic mass is 32.2. The van der Waals surface area contributed by atoms with Gasteiger partial charge >= 0.3 is 12.1 Å². The highest BCUT2D eigenvalue weighted by molar-refractivity contribution is 7.89. The molecule has 0 spiro atoms. The summed E-state index contributed by atoms with van der Waals surface area (Å²) >= 11 is 0. The number of benzene rings is 3. The quantitative estimate of drug-likeness (QED) is 0.326. The number of hydrogen-bond acceptors (Lipinski definition) is 6. The average Bonchev–Trinajstić information content (AvgIpc) is 2.88. The van der Waals surface area contributed by atoms with Crippen molar-refractivity contribution in [2.75, 3.05) is 7.05 Å². The van der Waals surface area contributed by atoms with E-state index in [1.807, 2.05) is 31.2 Å². The van der Waals surface area contributed by atoms with Crippen LogP contribution in [0, 0.1) is 6.92 Å². The molecule has 3 aromatic rings. The number of esters is 1.